The highest BCUT2D eigenvalue weighted by atomic mass is 16.6. The van der Waals surface area contributed by atoms with Gasteiger partial charge in [-0.05, 0) is 31.4 Å². The Morgan fingerprint density at radius 2 is 2.22 bits per heavy atom. The molecule has 1 rings (SSSR count). The van der Waals surface area contributed by atoms with Crippen molar-refractivity contribution in [3.8, 4) is 5.75 Å². The van der Waals surface area contributed by atoms with Crippen LogP contribution < -0.4 is 10.5 Å². The second-order valence-corrected chi connectivity index (χ2v) is 4.04. The van der Waals surface area contributed by atoms with Gasteiger partial charge in [-0.1, -0.05) is 0 Å². The number of non-ortho nitro benzene ring substituents is 1. The van der Waals surface area contributed by atoms with Crippen molar-refractivity contribution in [2.75, 3.05) is 6.61 Å². The Balaban J connectivity index is 2.43. The summed E-state index contributed by atoms with van der Waals surface area (Å²) in [5.41, 5.74) is 6.05. The summed E-state index contributed by atoms with van der Waals surface area (Å²) in [5.74, 6) is 0.838. The summed E-state index contributed by atoms with van der Waals surface area (Å²) in [5, 5.41) is 17.6. The summed E-state index contributed by atoms with van der Waals surface area (Å²) in [6.07, 6.45) is 2.18. The number of hydrogen-bond donors (Lipinski definition) is 2. The SMILES string of the molecule is Cc1cc([N+](=O)[O-])ccc1OCCCCC(=N)N. The lowest BCUT2D eigenvalue weighted by Gasteiger charge is -2.08. The number of ether oxygens (including phenoxy) is 1. The van der Waals surface area contributed by atoms with Gasteiger partial charge in [0.05, 0.1) is 17.4 Å². The van der Waals surface area contributed by atoms with Crippen molar-refractivity contribution < 1.29 is 9.66 Å². The fraction of sp³-hybridized carbons (Fsp3) is 0.417. The number of nitrogens with one attached hydrogen (secondary N) is 1. The van der Waals surface area contributed by atoms with Crippen LogP contribution >= 0.6 is 0 Å². The van der Waals surface area contributed by atoms with E-state index in [0.717, 1.165) is 18.4 Å². The van der Waals surface area contributed by atoms with E-state index < -0.39 is 4.92 Å². The molecule has 0 unspecified atom stereocenters. The van der Waals surface area contributed by atoms with Crippen LogP contribution in [0.4, 0.5) is 5.69 Å². The Bertz CT molecular complexity index is 446. The lowest BCUT2D eigenvalue weighted by Crippen LogP contribution is -2.09. The molecule has 18 heavy (non-hydrogen) atoms. The maximum absolute atomic E-state index is 10.6. The summed E-state index contributed by atoms with van der Waals surface area (Å²) in [4.78, 5) is 10.1. The van der Waals surface area contributed by atoms with Gasteiger partial charge in [0.25, 0.3) is 5.69 Å². The zero-order chi connectivity index (χ0) is 13.5. The van der Waals surface area contributed by atoms with Crippen LogP contribution in [0.25, 0.3) is 0 Å². The number of hydrogen-bond acceptors (Lipinski definition) is 4. The van der Waals surface area contributed by atoms with Crippen molar-refractivity contribution in [1.29, 1.82) is 5.41 Å². The molecule has 3 N–H and O–H groups in total. The summed E-state index contributed by atoms with van der Waals surface area (Å²) < 4.78 is 5.52. The summed E-state index contributed by atoms with van der Waals surface area (Å²) >= 11 is 0. The average Bonchev–Trinajstić information content (AvgIpc) is 2.29. The third kappa shape index (κ3) is 4.40. The molecule has 6 heteroatoms. The minimum atomic E-state index is -0.427. The van der Waals surface area contributed by atoms with E-state index in [9.17, 15) is 10.1 Å². The number of unbranched alkanes of at least 4 members (excludes halogenated alkanes) is 1. The first-order chi connectivity index (χ1) is 8.50. The smallest absolute Gasteiger partial charge is 0.269 e. The fourth-order valence-corrected chi connectivity index (χ4v) is 1.51. The van der Waals surface area contributed by atoms with Gasteiger partial charge in [0.1, 0.15) is 5.75 Å². The average molecular weight is 251 g/mol. The van der Waals surface area contributed by atoms with E-state index >= 15 is 0 Å². The standard InChI is InChI=1S/C12H17N3O3/c1-9-8-10(15(16)17)5-6-11(9)18-7-3-2-4-12(13)14/h5-6,8H,2-4,7H2,1H3,(H3,13,14). The second kappa shape index (κ2) is 6.58. The van der Waals surface area contributed by atoms with Crippen molar-refractivity contribution in [3.05, 3.63) is 33.9 Å². The second-order valence-electron chi connectivity index (χ2n) is 4.04. The van der Waals surface area contributed by atoms with Gasteiger partial charge in [0.15, 0.2) is 0 Å². The minimum absolute atomic E-state index is 0.0661. The fourth-order valence-electron chi connectivity index (χ4n) is 1.51. The molecule has 0 aromatic heterocycles. The van der Waals surface area contributed by atoms with E-state index in [1.807, 2.05) is 0 Å². The van der Waals surface area contributed by atoms with Crippen LogP contribution in [0.15, 0.2) is 18.2 Å². The lowest BCUT2D eigenvalue weighted by atomic mass is 10.2. The molecule has 0 fully saturated rings. The molecule has 0 heterocycles. The van der Waals surface area contributed by atoms with Gasteiger partial charge in [-0.2, -0.15) is 0 Å². The number of nitro groups is 1. The third-order valence-corrected chi connectivity index (χ3v) is 2.47. The number of amidine groups is 1. The zero-order valence-electron chi connectivity index (χ0n) is 10.3. The number of benzene rings is 1. The van der Waals surface area contributed by atoms with Gasteiger partial charge in [-0.15, -0.1) is 0 Å². The van der Waals surface area contributed by atoms with Crippen molar-refractivity contribution >= 4 is 11.5 Å². The number of nitro benzene ring substituents is 1. The molecule has 6 nitrogen and oxygen atoms in total. The van der Waals surface area contributed by atoms with Gasteiger partial charge >= 0.3 is 0 Å². The number of nitrogens with two attached hydrogens (primary N) is 1. The normalized spacial score (nSPS) is 10.1. The van der Waals surface area contributed by atoms with E-state index in [2.05, 4.69) is 0 Å². The molecule has 98 valence electrons. The van der Waals surface area contributed by atoms with E-state index in [0.29, 0.717) is 18.8 Å². The number of rotatable bonds is 7. The largest absolute Gasteiger partial charge is 0.493 e. The first kappa shape index (κ1) is 14.0. The van der Waals surface area contributed by atoms with Crippen LogP contribution in [0.2, 0.25) is 0 Å². The first-order valence-electron chi connectivity index (χ1n) is 5.71. The Morgan fingerprint density at radius 3 is 2.78 bits per heavy atom. The maximum Gasteiger partial charge on any atom is 0.269 e. The van der Waals surface area contributed by atoms with Crippen LogP contribution in [-0.2, 0) is 0 Å². The van der Waals surface area contributed by atoms with Gasteiger partial charge in [0.2, 0.25) is 0 Å². The van der Waals surface area contributed by atoms with Crippen LogP contribution in [0.1, 0.15) is 24.8 Å². The van der Waals surface area contributed by atoms with Gasteiger partial charge in [-0.25, -0.2) is 0 Å². The predicted octanol–water partition coefficient (Wildman–Crippen LogP) is 2.39. The van der Waals surface area contributed by atoms with Gasteiger partial charge in [0, 0.05) is 18.6 Å². The predicted molar refractivity (Wildman–Crippen MR) is 69.1 cm³/mol. The molecular formula is C12H17N3O3. The molecule has 0 amide bonds. The van der Waals surface area contributed by atoms with E-state index in [1.54, 1.807) is 13.0 Å². The lowest BCUT2D eigenvalue weighted by molar-refractivity contribution is -0.384. The molecule has 0 aliphatic carbocycles. The summed E-state index contributed by atoms with van der Waals surface area (Å²) in [6.45, 7) is 2.30. The van der Waals surface area contributed by atoms with E-state index in [1.165, 1.54) is 12.1 Å². The highest BCUT2D eigenvalue weighted by molar-refractivity contribution is 5.76. The van der Waals surface area contributed by atoms with Crippen molar-refractivity contribution in [2.45, 2.75) is 26.2 Å². The molecular weight excluding hydrogens is 234 g/mol. The molecule has 0 aliphatic heterocycles. The Morgan fingerprint density at radius 1 is 1.50 bits per heavy atom. The van der Waals surface area contributed by atoms with Crippen molar-refractivity contribution in [1.82, 2.24) is 0 Å². The highest BCUT2D eigenvalue weighted by Gasteiger charge is 2.08. The molecule has 1 aromatic rings. The molecule has 0 atom stereocenters. The zero-order valence-corrected chi connectivity index (χ0v) is 10.3. The van der Waals surface area contributed by atoms with Crippen LogP contribution in [0, 0.1) is 22.4 Å². The van der Waals surface area contributed by atoms with Crippen LogP contribution in [0.5, 0.6) is 5.75 Å². The maximum atomic E-state index is 10.6. The molecule has 0 saturated heterocycles. The van der Waals surface area contributed by atoms with Gasteiger partial charge in [-0.3, -0.25) is 15.5 Å². The topological polar surface area (TPSA) is 102 Å². The summed E-state index contributed by atoms with van der Waals surface area (Å²) in [7, 11) is 0. The summed E-state index contributed by atoms with van der Waals surface area (Å²) in [6, 6.07) is 4.53. The quantitative estimate of drug-likeness (QED) is 0.255. The van der Waals surface area contributed by atoms with Crippen LogP contribution in [0.3, 0.4) is 0 Å². The number of aryl methyl sites for hydroxylation is 1. The Labute approximate surface area is 105 Å². The van der Waals surface area contributed by atoms with E-state index in [4.69, 9.17) is 15.9 Å². The highest BCUT2D eigenvalue weighted by Crippen LogP contribution is 2.23. The molecule has 1 aromatic carbocycles. The Kier molecular flexibility index (Phi) is 5.10. The molecule has 0 spiro atoms. The van der Waals surface area contributed by atoms with Gasteiger partial charge < -0.3 is 10.5 Å². The molecule has 0 radical (unpaired) electrons. The first-order valence-corrected chi connectivity index (χ1v) is 5.71. The van der Waals surface area contributed by atoms with Crippen molar-refractivity contribution in [3.63, 3.8) is 0 Å². The van der Waals surface area contributed by atoms with Crippen LogP contribution in [-0.4, -0.2) is 17.4 Å². The monoisotopic (exact) mass is 251 g/mol. The number of nitrogens with zero attached hydrogens (tertiary/aromatic N) is 1. The molecule has 0 bridgehead atoms. The van der Waals surface area contributed by atoms with E-state index in [-0.39, 0.29) is 11.5 Å². The third-order valence-electron chi connectivity index (χ3n) is 2.47. The Hall–Kier alpha value is -2.11. The minimum Gasteiger partial charge on any atom is -0.493 e. The molecule has 0 aliphatic rings. The molecule has 0 saturated carbocycles. The van der Waals surface area contributed by atoms with Crippen molar-refractivity contribution in [2.24, 2.45) is 5.73 Å².